The summed E-state index contributed by atoms with van der Waals surface area (Å²) in [6, 6.07) is 15.9. The van der Waals surface area contributed by atoms with Crippen molar-refractivity contribution in [1.82, 2.24) is 30.0 Å². The van der Waals surface area contributed by atoms with Gasteiger partial charge in [-0.2, -0.15) is 5.10 Å². The maximum Gasteiger partial charge on any atom is 0.114 e. The monoisotopic (exact) mass is 400 g/mol. The molecule has 2 saturated heterocycles. The number of likely N-dealkylation sites (tertiary alicyclic amines) is 1. The van der Waals surface area contributed by atoms with Crippen LogP contribution < -0.4 is 5.32 Å². The lowest BCUT2D eigenvalue weighted by Crippen LogP contribution is -2.34. The molecule has 1 atom stereocenters. The van der Waals surface area contributed by atoms with Gasteiger partial charge in [-0.05, 0) is 49.6 Å². The van der Waals surface area contributed by atoms with E-state index in [9.17, 15) is 0 Å². The highest BCUT2D eigenvalue weighted by atomic mass is 15.2. The van der Waals surface area contributed by atoms with Crippen LogP contribution in [0.5, 0.6) is 0 Å². The van der Waals surface area contributed by atoms with Gasteiger partial charge in [0.2, 0.25) is 0 Å². The molecule has 0 unspecified atom stereocenters. The van der Waals surface area contributed by atoms with Crippen molar-refractivity contribution >= 4 is 21.9 Å². The third-order valence-corrected chi connectivity index (χ3v) is 6.88. The van der Waals surface area contributed by atoms with Crippen molar-refractivity contribution in [2.45, 2.75) is 37.8 Å². The number of nitrogens with one attached hydrogen (secondary N) is 2. The number of hydrogen-bond donors (Lipinski definition) is 2. The molecular weight excluding hydrogens is 372 g/mol. The summed E-state index contributed by atoms with van der Waals surface area (Å²) in [5, 5.41) is 11.9. The number of imidazole rings is 1. The zero-order valence-corrected chi connectivity index (χ0v) is 17.2. The van der Waals surface area contributed by atoms with E-state index in [0.29, 0.717) is 12.0 Å². The summed E-state index contributed by atoms with van der Waals surface area (Å²) in [4.78, 5) is 7.67. The summed E-state index contributed by atoms with van der Waals surface area (Å²) in [7, 11) is 0. The van der Waals surface area contributed by atoms with E-state index in [4.69, 9.17) is 4.98 Å². The number of rotatable bonds is 4. The molecular formula is C24H28N6. The fraction of sp³-hybridized carbons (Fsp3) is 0.417. The summed E-state index contributed by atoms with van der Waals surface area (Å²) in [5.41, 5.74) is 4.94. The van der Waals surface area contributed by atoms with Crippen LogP contribution in [0, 0.1) is 0 Å². The second-order valence-corrected chi connectivity index (χ2v) is 8.82. The van der Waals surface area contributed by atoms with Gasteiger partial charge in [-0.1, -0.05) is 24.3 Å². The lowest BCUT2D eigenvalue weighted by atomic mass is 10.0. The maximum atomic E-state index is 5.08. The number of fused-ring (bicyclic) bond motifs is 2. The van der Waals surface area contributed by atoms with Crippen LogP contribution in [0.2, 0.25) is 0 Å². The van der Waals surface area contributed by atoms with Crippen LogP contribution in [0.4, 0.5) is 0 Å². The molecule has 0 aliphatic carbocycles. The normalized spacial score (nSPS) is 21.1. The van der Waals surface area contributed by atoms with Crippen LogP contribution in [0.3, 0.4) is 0 Å². The molecule has 2 aliphatic heterocycles. The standard InChI is InChI=1S/C24H28N6/c1-2-4-23-21(3-1)27-24(19-7-10-25-14-19)30(23)20-8-11-29(12-9-20)16-17-5-6-18-15-26-28-22(18)13-17/h1-6,13,15,19-20,25H,7-12,14,16H2,(H,26,28)/t19-/m1/s1. The topological polar surface area (TPSA) is 61.8 Å². The quantitative estimate of drug-likeness (QED) is 0.547. The molecule has 154 valence electrons. The largest absolute Gasteiger partial charge is 0.324 e. The molecule has 30 heavy (non-hydrogen) atoms. The number of hydrogen-bond acceptors (Lipinski definition) is 4. The van der Waals surface area contributed by atoms with Gasteiger partial charge in [0, 0.05) is 43.5 Å². The SMILES string of the molecule is c1ccc2c(c1)nc([C@@H]1CCNC1)n2C1CCN(Cc2ccc3cn[nH]c3c2)CC1. The van der Waals surface area contributed by atoms with E-state index in [1.165, 1.54) is 41.6 Å². The minimum atomic E-state index is 0.538. The van der Waals surface area contributed by atoms with Crippen molar-refractivity contribution < 1.29 is 0 Å². The minimum absolute atomic E-state index is 0.538. The van der Waals surface area contributed by atoms with Gasteiger partial charge in [-0.15, -0.1) is 0 Å². The van der Waals surface area contributed by atoms with Crippen molar-refractivity contribution in [3.8, 4) is 0 Å². The third kappa shape index (κ3) is 3.20. The molecule has 0 saturated carbocycles. The van der Waals surface area contributed by atoms with Crippen molar-refractivity contribution in [3.05, 3.63) is 60.0 Å². The first-order valence-electron chi connectivity index (χ1n) is 11.2. The molecule has 0 amide bonds. The van der Waals surface area contributed by atoms with Crippen molar-refractivity contribution in [2.75, 3.05) is 26.2 Å². The Morgan fingerprint density at radius 2 is 1.93 bits per heavy atom. The van der Waals surface area contributed by atoms with Crippen LogP contribution >= 0.6 is 0 Å². The van der Waals surface area contributed by atoms with Crippen molar-refractivity contribution in [1.29, 1.82) is 0 Å². The van der Waals surface area contributed by atoms with Gasteiger partial charge in [0.05, 0.1) is 22.7 Å². The van der Waals surface area contributed by atoms with Gasteiger partial charge in [-0.3, -0.25) is 10.00 Å². The highest BCUT2D eigenvalue weighted by Gasteiger charge is 2.29. The van der Waals surface area contributed by atoms with Crippen LogP contribution in [-0.4, -0.2) is 50.8 Å². The highest BCUT2D eigenvalue weighted by Crippen LogP contribution is 2.34. The van der Waals surface area contributed by atoms with Gasteiger partial charge in [0.15, 0.2) is 0 Å². The van der Waals surface area contributed by atoms with Gasteiger partial charge >= 0.3 is 0 Å². The van der Waals surface area contributed by atoms with Crippen LogP contribution in [0.25, 0.3) is 21.9 Å². The van der Waals surface area contributed by atoms with E-state index in [1.807, 2.05) is 6.20 Å². The maximum absolute atomic E-state index is 5.08. The summed E-state index contributed by atoms with van der Waals surface area (Å²) in [6.45, 7) is 5.41. The average molecular weight is 401 g/mol. The van der Waals surface area contributed by atoms with E-state index in [-0.39, 0.29) is 0 Å². The molecule has 0 spiro atoms. The molecule has 4 aromatic rings. The Balaban J connectivity index is 1.21. The second kappa shape index (κ2) is 7.52. The Labute approximate surface area is 176 Å². The Kier molecular flexibility index (Phi) is 4.54. The van der Waals surface area contributed by atoms with Gasteiger partial charge < -0.3 is 9.88 Å². The predicted molar refractivity (Wildman–Crippen MR) is 120 cm³/mol. The number of benzene rings is 2. The van der Waals surface area contributed by atoms with E-state index >= 15 is 0 Å². The van der Waals surface area contributed by atoms with E-state index < -0.39 is 0 Å². The molecule has 0 bridgehead atoms. The first-order chi connectivity index (χ1) is 14.8. The Bertz CT molecular complexity index is 1160. The van der Waals surface area contributed by atoms with Gasteiger partial charge in [0.1, 0.15) is 5.82 Å². The van der Waals surface area contributed by atoms with Crippen LogP contribution in [-0.2, 0) is 6.54 Å². The van der Waals surface area contributed by atoms with Gasteiger partial charge in [0.25, 0.3) is 0 Å². The molecule has 2 aromatic carbocycles. The molecule has 2 aromatic heterocycles. The molecule has 6 nitrogen and oxygen atoms in total. The summed E-state index contributed by atoms with van der Waals surface area (Å²) in [5.74, 6) is 1.83. The van der Waals surface area contributed by atoms with Gasteiger partial charge in [-0.25, -0.2) is 4.98 Å². The Morgan fingerprint density at radius 3 is 2.80 bits per heavy atom. The highest BCUT2D eigenvalue weighted by molar-refractivity contribution is 5.78. The van der Waals surface area contributed by atoms with Crippen LogP contribution in [0.15, 0.2) is 48.7 Å². The zero-order valence-electron chi connectivity index (χ0n) is 17.2. The molecule has 0 radical (unpaired) electrons. The summed E-state index contributed by atoms with van der Waals surface area (Å²) < 4.78 is 2.58. The molecule has 2 N–H and O–H groups in total. The van der Waals surface area contributed by atoms with Crippen molar-refractivity contribution in [3.63, 3.8) is 0 Å². The zero-order chi connectivity index (χ0) is 19.9. The van der Waals surface area contributed by atoms with E-state index in [0.717, 1.165) is 43.8 Å². The lowest BCUT2D eigenvalue weighted by molar-refractivity contribution is 0.179. The number of aromatic amines is 1. The number of para-hydroxylation sites is 2. The fourth-order valence-electron chi connectivity index (χ4n) is 5.29. The minimum Gasteiger partial charge on any atom is -0.324 e. The first-order valence-corrected chi connectivity index (χ1v) is 11.2. The van der Waals surface area contributed by atoms with Crippen LogP contribution in [0.1, 0.15) is 42.6 Å². The number of nitrogens with zero attached hydrogens (tertiary/aromatic N) is 4. The molecule has 2 fully saturated rings. The van der Waals surface area contributed by atoms with E-state index in [1.54, 1.807) is 0 Å². The number of H-pyrrole nitrogens is 1. The predicted octanol–water partition coefficient (Wildman–Crippen LogP) is 3.83. The van der Waals surface area contributed by atoms with Crippen molar-refractivity contribution in [2.24, 2.45) is 0 Å². The smallest absolute Gasteiger partial charge is 0.114 e. The van der Waals surface area contributed by atoms with E-state index in [2.05, 4.69) is 67.4 Å². The first kappa shape index (κ1) is 18.1. The molecule has 2 aliphatic rings. The fourth-order valence-corrected chi connectivity index (χ4v) is 5.29. The molecule has 6 rings (SSSR count). The average Bonchev–Trinajstić information content (AvgIpc) is 3.53. The summed E-state index contributed by atoms with van der Waals surface area (Å²) >= 11 is 0. The third-order valence-electron chi connectivity index (χ3n) is 6.88. The second-order valence-electron chi connectivity index (χ2n) is 8.82. The summed E-state index contributed by atoms with van der Waals surface area (Å²) in [6.07, 6.45) is 5.44. The number of aromatic nitrogens is 4. The molecule has 6 heteroatoms. The lowest BCUT2D eigenvalue weighted by Gasteiger charge is -2.34. The Hall–Kier alpha value is -2.70. The Morgan fingerprint density at radius 1 is 1.03 bits per heavy atom. The number of piperidine rings is 1. The molecule has 4 heterocycles.